The lowest BCUT2D eigenvalue weighted by Gasteiger charge is -2.08. The van der Waals surface area contributed by atoms with Gasteiger partial charge in [0.1, 0.15) is 11.6 Å². The largest absolute Gasteiger partial charge is 0.462 e. The molecule has 0 aliphatic rings. The van der Waals surface area contributed by atoms with Gasteiger partial charge in [-0.15, -0.1) is 10.2 Å². The minimum absolute atomic E-state index is 0.188. The first-order chi connectivity index (χ1) is 10.7. The molecule has 0 bridgehead atoms. The number of carbonyl (C=O) groups excluding carboxylic acids is 1. The molecule has 0 saturated carbocycles. The van der Waals surface area contributed by atoms with Gasteiger partial charge in [0.2, 0.25) is 5.82 Å². The van der Waals surface area contributed by atoms with Crippen LogP contribution in [0.5, 0.6) is 0 Å². The van der Waals surface area contributed by atoms with Crippen molar-refractivity contribution in [2.75, 3.05) is 11.9 Å². The number of esters is 1. The summed E-state index contributed by atoms with van der Waals surface area (Å²) in [6.07, 6.45) is 1.45. The molecule has 112 valence electrons. The van der Waals surface area contributed by atoms with Crippen molar-refractivity contribution in [2.45, 2.75) is 13.8 Å². The van der Waals surface area contributed by atoms with Gasteiger partial charge in [-0.05, 0) is 36.8 Å². The van der Waals surface area contributed by atoms with E-state index in [2.05, 4.69) is 25.9 Å². The van der Waals surface area contributed by atoms with Crippen LogP contribution < -0.4 is 5.32 Å². The van der Waals surface area contributed by atoms with E-state index in [4.69, 9.17) is 10.00 Å². The van der Waals surface area contributed by atoms with Crippen LogP contribution >= 0.6 is 0 Å². The number of H-pyrrole nitrogens is 1. The SMILES string of the molecule is CCOC(=O)c1cc(NC=C(C#N)c2nn[nH]n2)ccc1C. The normalized spacial score (nSPS) is 10.9. The molecule has 0 radical (unpaired) electrons. The summed E-state index contributed by atoms with van der Waals surface area (Å²) in [4.78, 5) is 11.8. The Hall–Kier alpha value is -3.21. The second-order valence-electron chi connectivity index (χ2n) is 4.30. The van der Waals surface area contributed by atoms with Crippen LogP contribution in [0.4, 0.5) is 5.69 Å². The van der Waals surface area contributed by atoms with Gasteiger partial charge >= 0.3 is 5.97 Å². The van der Waals surface area contributed by atoms with Crippen LogP contribution in [0.25, 0.3) is 5.57 Å². The van der Waals surface area contributed by atoms with Crippen LogP contribution in [0, 0.1) is 18.3 Å². The fraction of sp³-hybridized carbons (Fsp3) is 0.214. The van der Waals surface area contributed by atoms with E-state index in [1.165, 1.54) is 6.20 Å². The predicted molar refractivity (Wildman–Crippen MR) is 78.5 cm³/mol. The highest BCUT2D eigenvalue weighted by Gasteiger charge is 2.11. The summed E-state index contributed by atoms with van der Waals surface area (Å²) in [5.74, 6) is -0.195. The van der Waals surface area contributed by atoms with Crippen LogP contribution in [0.2, 0.25) is 0 Å². The zero-order chi connectivity index (χ0) is 15.9. The van der Waals surface area contributed by atoms with E-state index >= 15 is 0 Å². The molecule has 2 N–H and O–H groups in total. The maximum atomic E-state index is 11.8. The molecule has 0 spiro atoms. The standard InChI is InChI=1S/C14H14N6O2/c1-3-22-14(21)12-6-11(5-4-9(12)2)16-8-10(7-15)13-17-19-20-18-13/h4-6,8,16H,3H2,1-2H3,(H,17,18,19,20). The molecule has 0 aliphatic carbocycles. The molecule has 22 heavy (non-hydrogen) atoms. The monoisotopic (exact) mass is 298 g/mol. The Labute approximate surface area is 126 Å². The lowest BCUT2D eigenvalue weighted by atomic mass is 10.1. The molecule has 1 aromatic heterocycles. The van der Waals surface area contributed by atoms with Gasteiger partial charge in [-0.2, -0.15) is 10.5 Å². The minimum atomic E-state index is -0.383. The second kappa shape index (κ2) is 6.99. The number of aryl methyl sites for hydroxylation is 1. The molecule has 1 heterocycles. The third-order valence-corrected chi connectivity index (χ3v) is 2.82. The maximum absolute atomic E-state index is 11.8. The molecule has 0 saturated heterocycles. The number of carbonyl (C=O) groups is 1. The number of aromatic nitrogens is 4. The van der Waals surface area contributed by atoms with E-state index in [-0.39, 0.29) is 17.4 Å². The number of nitrogens with one attached hydrogen (secondary N) is 2. The summed E-state index contributed by atoms with van der Waals surface area (Å²) >= 11 is 0. The van der Waals surface area contributed by atoms with Crippen molar-refractivity contribution in [2.24, 2.45) is 0 Å². The summed E-state index contributed by atoms with van der Waals surface area (Å²) in [5, 5.41) is 25.2. The quantitative estimate of drug-likeness (QED) is 0.636. The summed E-state index contributed by atoms with van der Waals surface area (Å²) in [7, 11) is 0. The van der Waals surface area contributed by atoms with E-state index in [1.807, 2.05) is 13.0 Å². The summed E-state index contributed by atoms with van der Waals surface area (Å²) in [6, 6.07) is 7.21. The zero-order valence-corrected chi connectivity index (χ0v) is 12.1. The Morgan fingerprint density at radius 1 is 1.55 bits per heavy atom. The van der Waals surface area contributed by atoms with Crippen LogP contribution in [-0.4, -0.2) is 33.2 Å². The van der Waals surface area contributed by atoms with Crippen molar-refractivity contribution in [3.63, 3.8) is 0 Å². The predicted octanol–water partition coefficient (Wildman–Crippen LogP) is 1.66. The first-order valence-electron chi connectivity index (χ1n) is 6.54. The Morgan fingerprint density at radius 3 is 3.00 bits per heavy atom. The Morgan fingerprint density at radius 2 is 2.36 bits per heavy atom. The zero-order valence-electron chi connectivity index (χ0n) is 12.1. The van der Waals surface area contributed by atoms with E-state index in [0.29, 0.717) is 17.9 Å². The topological polar surface area (TPSA) is 117 Å². The Bertz CT molecular complexity index is 730. The second-order valence-corrected chi connectivity index (χ2v) is 4.30. The van der Waals surface area contributed by atoms with Crippen molar-refractivity contribution < 1.29 is 9.53 Å². The van der Waals surface area contributed by atoms with Gasteiger partial charge in [0.05, 0.1) is 12.2 Å². The molecule has 0 unspecified atom stereocenters. The number of rotatable bonds is 5. The highest BCUT2D eigenvalue weighted by Crippen LogP contribution is 2.17. The lowest BCUT2D eigenvalue weighted by Crippen LogP contribution is -2.07. The highest BCUT2D eigenvalue weighted by molar-refractivity contribution is 5.92. The van der Waals surface area contributed by atoms with Crippen LogP contribution in [0.1, 0.15) is 28.7 Å². The van der Waals surface area contributed by atoms with E-state index < -0.39 is 0 Å². The number of aromatic amines is 1. The molecule has 8 nitrogen and oxygen atoms in total. The number of nitrogens with zero attached hydrogens (tertiary/aromatic N) is 4. The number of benzene rings is 1. The fourth-order valence-electron chi connectivity index (χ4n) is 1.72. The molecule has 0 fully saturated rings. The van der Waals surface area contributed by atoms with Gasteiger partial charge in [0.15, 0.2) is 0 Å². The van der Waals surface area contributed by atoms with Crippen molar-refractivity contribution in [3.05, 3.63) is 41.4 Å². The molecule has 0 atom stereocenters. The summed E-state index contributed by atoms with van der Waals surface area (Å²) in [5.41, 5.74) is 2.14. The minimum Gasteiger partial charge on any atom is -0.462 e. The Kier molecular flexibility index (Phi) is 4.82. The average Bonchev–Trinajstić information content (AvgIpc) is 3.04. The van der Waals surface area contributed by atoms with E-state index in [0.717, 1.165) is 5.56 Å². The number of nitriles is 1. The van der Waals surface area contributed by atoms with Crippen LogP contribution in [-0.2, 0) is 4.74 Å². The fourth-order valence-corrected chi connectivity index (χ4v) is 1.72. The van der Waals surface area contributed by atoms with Gasteiger partial charge < -0.3 is 10.1 Å². The number of hydrogen-bond donors (Lipinski definition) is 2. The van der Waals surface area contributed by atoms with Gasteiger partial charge in [-0.1, -0.05) is 6.07 Å². The van der Waals surface area contributed by atoms with Crippen LogP contribution in [0.15, 0.2) is 24.4 Å². The summed E-state index contributed by atoms with van der Waals surface area (Å²) in [6.45, 7) is 3.89. The van der Waals surface area contributed by atoms with Gasteiger partial charge in [-0.3, -0.25) is 0 Å². The first kappa shape index (κ1) is 15.2. The Balaban J connectivity index is 2.22. The number of hydrogen-bond acceptors (Lipinski definition) is 7. The van der Waals surface area contributed by atoms with Gasteiger partial charge in [0, 0.05) is 11.9 Å². The third kappa shape index (κ3) is 3.46. The molecule has 2 rings (SSSR count). The van der Waals surface area contributed by atoms with Crippen molar-refractivity contribution >= 4 is 17.2 Å². The van der Waals surface area contributed by atoms with Crippen molar-refractivity contribution in [1.82, 2.24) is 20.6 Å². The number of allylic oxidation sites excluding steroid dienone is 1. The third-order valence-electron chi connectivity index (χ3n) is 2.82. The molecular weight excluding hydrogens is 284 g/mol. The molecule has 2 aromatic rings. The number of ether oxygens (including phenoxy) is 1. The lowest BCUT2D eigenvalue weighted by molar-refractivity contribution is 0.0525. The number of anilines is 1. The number of tetrazole rings is 1. The maximum Gasteiger partial charge on any atom is 0.338 e. The van der Waals surface area contributed by atoms with Gasteiger partial charge in [0.25, 0.3) is 0 Å². The molecule has 1 aromatic carbocycles. The molecular formula is C14H14N6O2. The average molecular weight is 298 g/mol. The van der Waals surface area contributed by atoms with E-state index in [9.17, 15) is 4.79 Å². The first-order valence-corrected chi connectivity index (χ1v) is 6.54. The highest BCUT2D eigenvalue weighted by atomic mass is 16.5. The van der Waals surface area contributed by atoms with Crippen molar-refractivity contribution in [3.8, 4) is 6.07 Å². The smallest absolute Gasteiger partial charge is 0.338 e. The van der Waals surface area contributed by atoms with Gasteiger partial charge in [-0.25, -0.2) is 4.79 Å². The molecule has 8 heteroatoms. The molecule has 0 aliphatic heterocycles. The van der Waals surface area contributed by atoms with Crippen LogP contribution in [0.3, 0.4) is 0 Å². The van der Waals surface area contributed by atoms with E-state index in [1.54, 1.807) is 25.1 Å². The van der Waals surface area contributed by atoms with Crippen molar-refractivity contribution in [1.29, 1.82) is 5.26 Å². The summed E-state index contributed by atoms with van der Waals surface area (Å²) < 4.78 is 5.00. The molecule has 0 amide bonds.